The number of carbonyl (C=O) groups is 2. The second-order valence-corrected chi connectivity index (χ2v) is 7.96. The summed E-state index contributed by atoms with van der Waals surface area (Å²) >= 11 is 1.36. The van der Waals surface area contributed by atoms with Crippen molar-refractivity contribution in [1.82, 2.24) is 0 Å². The molecule has 7 heteroatoms. The molecule has 6 nitrogen and oxygen atoms in total. The van der Waals surface area contributed by atoms with Gasteiger partial charge in [0.25, 0.3) is 11.8 Å². The SMILES string of the molecule is C[C@H]1CCc2c(sc(NC(=O)c3cc4ccccc4oc3=O)c2C(N)=O)C1. The molecule has 1 aromatic carbocycles. The van der Waals surface area contributed by atoms with Crippen molar-refractivity contribution in [3.05, 3.63) is 62.3 Å². The smallest absolute Gasteiger partial charge is 0.349 e. The maximum atomic E-state index is 12.7. The number of nitrogens with one attached hydrogen (secondary N) is 1. The Kier molecular flexibility index (Phi) is 4.31. The molecule has 138 valence electrons. The molecule has 1 aliphatic carbocycles. The van der Waals surface area contributed by atoms with Gasteiger partial charge < -0.3 is 15.5 Å². The lowest BCUT2D eigenvalue weighted by Gasteiger charge is -2.18. The zero-order valence-electron chi connectivity index (χ0n) is 14.7. The first kappa shape index (κ1) is 17.5. The zero-order valence-corrected chi connectivity index (χ0v) is 15.5. The number of anilines is 1. The third-order valence-electron chi connectivity index (χ3n) is 4.87. The molecule has 4 rings (SSSR count). The minimum atomic E-state index is -0.721. The van der Waals surface area contributed by atoms with Crippen molar-refractivity contribution in [2.24, 2.45) is 11.7 Å². The first-order chi connectivity index (χ1) is 12.9. The average Bonchev–Trinajstić information content (AvgIpc) is 2.97. The quantitative estimate of drug-likeness (QED) is 0.678. The summed E-state index contributed by atoms with van der Waals surface area (Å²) in [6.45, 7) is 2.16. The van der Waals surface area contributed by atoms with Gasteiger partial charge in [-0.3, -0.25) is 9.59 Å². The van der Waals surface area contributed by atoms with E-state index in [0.29, 0.717) is 27.5 Å². The maximum Gasteiger partial charge on any atom is 0.349 e. The van der Waals surface area contributed by atoms with Gasteiger partial charge in [-0.2, -0.15) is 0 Å². The van der Waals surface area contributed by atoms with Gasteiger partial charge in [0.05, 0.1) is 5.56 Å². The van der Waals surface area contributed by atoms with Crippen molar-refractivity contribution in [3.63, 3.8) is 0 Å². The number of para-hydroxylation sites is 1. The minimum Gasteiger partial charge on any atom is -0.422 e. The number of thiophene rings is 1. The predicted octanol–water partition coefficient (Wildman–Crippen LogP) is 3.33. The molecule has 2 aromatic heterocycles. The van der Waals surface area contributed by atoms with Crippen molar-refractivity contribution in [1.29, 1.82) is 0 Å². The summed E-state index contributed by atoms with van der Waals surface area (Å²) in [5.74, 6) is -0.653. The average molecular weight is 382 g/mol. The van der Waals surface area contributed by atoms with Gasteiger partial charge in [0.15, 0.2) is 0 Å². The van der Waals surface area contributed by atoms with Crippen LogP contribution in [0.25, 0.3) is 11.0 Å². The summed E-state index contributed by atoms with van der Waals surface area (Å²) in [5.41, 5.74) is 6.44. The highest BCUT2D eigenvalue weighted by Gasteiger charge is 2.28. The third-order valence-corrected chi connectivity index (χ3v) is 6.04. The van der Waals surface area contributed by atoms with E-state index in [9.17, 15) is 14.4 Å². The number of hydrogen-bond acceptors (Lipinski definition) is 5. The number of rotatable bonds is 3. The Balaban J connectivity index is 1.72. The molecule has 0 aliphatic heterocycles. The van der Waals surface area contributed by atoms with Crippen molar-refractivity contribution >= 4 is 39.1 Å². The first-order valence-electron chi connectivity index (χ1n) is 8.72. The van der Waals surface area contributed by atoms with Crippen LogP contribution in [0, 0.1) is 5.92 Å². The van der Waals surface area contributed by atoms with Crippen LogP contribution in [0.1, 0.15) is 44.5 Å². The molecule has 2 amide bonds. The molecule has 0 spiro atoms. The Labute approximate surface area is 159 Å². The van der Waals surface area contributed by atoms with E-state index in [0.717, 1.165) is 29.7 Å². The van der Waals surface area contributed by atoms with Crippen LogP contribution < -0.4 is 16.7 Å². The van der Waals surface area contributed by atoms with Gasteiger partial charge in [0.2, 0.25) is 0 Å². The van der Waals surface area contributed by atoms with Crippen molar-refractivity contribution in [2.75, 3.05) is 5.32 Å². The molecule has 1 aliphatic rings. The third kappa shape index (κ3) is 3.14. The normalized spacial score (nSPS) is 16.1. The second-order valence-electron chi connectivity index (χ2n) is 6.86. The topological polar surface area (TPSA) is 102 Å². The van der Waals surface area contributed by atoms with Crippen molar-refractivity contribution in [3.8, 4) is 0 Å². The van der Waals surface area contributed by atoms with E-state index in [4.69, 9.17) is 10.2 Å². The largest absolute Gasteiger partial charge is 0.422 e. The van der Waals surface area contributed by atoms with Crippen LogP contribution in [-0.4, -0.2) is 11.8 Å². The van der Waals surface area contributed by atoms with Crippen molar-refractivity contribution in [2.45, 2.75) is 26.2 Å². The molecule has 27 heavy (non-hydrogen) atoms. The summed E-state index contributed by atoms with van der Waals surface area (Å²) in [4.78, 5) is 38.0. The fraction of sp³-hybridized carbons (Fsp3) is 0.250. The highest BCUT2D eigenvalue weighted by Crippen LogP contribution is 2.39. The fourth-order valence-electron chi connectivity index (χ4n) is 3.49. The number of benzene rings is 1. The molecule has 2 heterocycles. The van der Waals surface area contributed by atoms with Gasteiger partial charge >= 0.3 is 5.63 Å². The highest BCUT2D eigenvalue weighted by atomic mass is 32.1. The Hall–Kier alpha value is -2.93. The molecule has 0 saturated heterocycles. The Morgan fingerprint density at radius 2 is 2.07 bits per heavy atom. The molecular formula is C20H18N2O4S. The van der Waals surface area contributed by atoms with Crippen LogP contribution in [0.5, 0.6) is 0 Å². The fourth-order valence-corrected chi connectivity index (χ4v) is 4.90. The molecule has 3 N–H and O–H groups in total. The summed E-state index contributed by atoms with van der Waals surface area (Å²) in [6.07, 6.45) is 2.60. The molecule has 0 unspecified atom stereocenters. The monoisotopic (exact) mass is 382 g/mol. The molecule has 0 bridgehead atoms. The van der Waals surface area contributed by atoms with E-state index in [1.165, 1.54) is 17.4 Å². The standard InChI is InChI=1S/C20H18N2O4S/c1-10-6-7-12-15(8-10)27-19(16(12)17(21)23)22-18(24)13-9-11-4-2-3-5-14(11)26-20(13)25/h2-5,9-10H,6-8H2,1H3,(H2,21,23)(H,22,24)/t10-/m0/s1. The number of primary amides is 1. The Morgan fingerprint density at radius 3 is 2.85 bits per heavy atom. The lowest BCUT2D eigenvalue weighted by Crippen LogP contribution is -2.22. The Bertz CT molecular complexity index is 1130. The van der Waals surface area contributed by atoms with Gasteiger partial charge in [0.1, 0.15) is 16.1 Å². The molecule has 0 saturated carbocycles. The van der Waals surface area contributed by atoms with Crippen LogP contribution in [0.15, 0.2) is 39.5 Å². The summed E-state index contributed by atoms with van der Waals surface area (Å²) in [7, 11) is 0. The highest BCUT2D eigenvalue weighted by molar-refractivity contribution is 7.17. The lowest BCUT2D eigenvalue weighted by atomic mass is 9.88. The van der Waals surface area contributed by atoms with Crippen LogP contribution in [0.4, 0.5) is 5.00 Å². The number of fused-ring (bicyclic) bond motifs is 2. The molecule has 0 fully saturated rings. The summed E-state index contributed by atoms with van der Waals surface area (Å²) < 4.78 is 5.22. The second kappa shape index (κ2) is 6.66. The first-order valence-corrected chi connectivity index (χ1v) is 9.54. The van der Waals surface area contributed by atoms with Gasteiger partial charge in [-0.15, -0.1) is 11.3 Å². The predicted molar refractivity (Wildman–Crippen MR) is 104 cm³/mol. The molecular weight excluding hydrogens is 364 g/mol. The van der Waals surface area contributed by atoms with Gasteiger partial charge in [0, 0.05) is 10.3 Å². The van der Waals surface area contributed by atoms with E-state index >= 15 is 0 Å². The number of hydrogen-bond donors (Lipinski definition) is 2. The van der Waals surface area contributed by atoms with E-state index < -0.39 is 17.4 Å². The van der Waals surface area contributed by atoms with Crippen LogP contribution >= 0.6 is 11.3 Å². The van der Waals surface area contributed by atoms with Crippen LogP contribution in [-0.2, 0) is 12.8 Å². The van der Waals surface area contributed by atoms with E-state index in [1.54, 1.807) is 24.3 Å². The van der Waals surface area contributed by atoms with Crippen molar-refractivity contribution < 1.29 is 14.0 Å². The Morgan fingerprint density at radius 1 is 1.30 bits per heavy atom. The molecule has 1 atom stereocenters. The number of amides is 2. The van der Waals surface area contributed by atoms with E-state index in [-0.39, 0.29) is 5.56 Å². The lowest BCUT2D eigenvalue weighted by molar-refractivity contribution is 0.1000. The minimum absolute atomic E-state index is 0.108. The van der Waals surface area contributed by atoms with Crippen LogP contribution in [0.2, 0.25) is 0 Å². The van der Waals surface area contributed by atoms with Gasteiger partial charge in [-0.25, -0.2) is 4.79 Å². The zero-order chi connectivity index (χ0) is 19.1. The van der Waals surface area contributed by atoms with Gasteiger partial charge in [-0.1, -0.05) is 25.1 Å². The number of nitrogens with two attached hydrogens (primary N) is 1. The van der Waals surface area contributed by atoms with Crippen LogP contribution in [0.3, 0.4) is 0 Å². The molecule has 3 aromatic rings. The van der Waals surface area contributed by atoms with E-state index in [1.807, 2.05) is 0 Å². The maximum absolute atomic E-state index is 12.7. The summed E-state index contributed by atoms with van der Waals surface area (Å²) in [5, 5.41) is 3.76. The molecule has 0 radical (unpaired) electrons. The van der Waals surface area contributed by atoms with E-state index in [2.05, 4.69) is 12.2 Å². The van der Waals surface area contributed by atoms with Gasteiger partial charge in [-0.05, 0) is 42.9 Å². The number of carbonyl (C=O) groups excluding carboxylic acids is 2. The summed E-state index contributed by atoms with van der Waals surface area (Å²) in [6, 6.07) is 8.47.